The fourth-order valence-electron chi connectivity index (χ4n) is 1.72. The van der Waals surface area contributed by atoms with Gasteiger partial charge in [-0.15, -0.1) is 0 Å². The van der Waals surface area contributed by atoms with E-state index in [0.29, 0.717) is 18.2 Å². The lowest BCUT2D eigenvalue weighted by Crippen LogP contribution is -2.13. The Morgan fingerprint density at radius 2 is 2.15 bits per heavy atom. The summed E-state index contributed by atoms with van der Waals surface area (Å²) in [6, 6.07) is 0.229. The van der Waals surface area contributed by atoms with Crippen LogP contribution in [0.15, 0.2) is 5.16 Å². The Bertz CT molecular complexity index is 497. The van der Waals surface area contributed by atoms with E-state index in [2.05, 4.69) is 15.0 Å². The topological polar surface area (TPSA) is 74.2 Å². The van der Waals surface area contributed by atoms with Gasteiger partial charge in [-0.05, 0) is 36.8 Å². The molecule has 0 aromatic carbocycles. The number of ether oxygens (including phenoxy) is 2. The first-order valence-electron chi connectivity index (χ1n) is 6.31. The van der Waals surface area contributed by atoms with E-state index < -0.39 is 0 Å². The van der Waals surface area contributed by atoms with Gasteiger partial charge in [-0.2, -0.15) is 15.0 Å². The SMILES string of the molecule is CCOc1nc(Cl)nc(SCC2(CC(=O)OC)CC2)n1. The molecular weight excluding hydrogens is 302 g/mol. The van der Waals surface area contributed by atoms with Crippen LogP contribution in [-0.2, 0) is 9.53 Å². The molecule has 110 valence electrons. The third-order valence-electron chi connectivity index (χ3n) is 3.05. The van der Waals surface area contributed by atoms with Gasteiger partial charge < -0.3 is 9.47 Å². The predicted molar refractivity (Wildman–Crippen MR) is 75.0 cm³/mol. The zero-order valence-corrected chi connectivity index (χ0v) is 13.0. The third-order valence-corrected chi connectivity index (χ3v) is 4.42. The van der Waals surface area contributed by atoms with Crippen LogP contribution >= 0.6 is 23.4 Å². The second-order valence-corrected chi connectivity index (χ2v) is 5.92. The van der Waals surface area contributed by atoms with Crippen molar-refractivity contribution in [2.24, 2.45) is 5.41 Å². The summed E-state index contributed by atoms with van der Waals surface area (Å²) in [7, 11) is 1.41. The zero-order chi connectivity index (χ0) is 14.6. The molecule has 0 unspecified atom stereocenters. The smallest absolute Gasteiger partial charge is 0.321 e. The molecule has 0 atom stereocenters. The minimum Gasteiger partial charge on any atom is -0.469 e. The lowest BCUT2D eigenvalue weighted by molar-refractivity contribution is -0.141. The van der Waals surface area contributed by atoms with E-state index in [4.69, 9.17) is 21.1 Å². The Morgan fingerprint density at radius 3 is 2.75 bits per heavy atom. The lowest BCUT2D eigenvalue weighted by Gasteiger charge is -2.12. The maximum atomic E-state index is 11.4. The first-order chi connectivity index (χ1) is 9.57. The standard InChI is InChI=1S/C12H16ClN3O3S/c1-3-19-10-14-9(13)15-11(16-10)20-7-12(4-5-12)6-8(17)18-2/h3-7H2,1-2H3. The van der Waals surface area contributed by atoms with Crippen LogP contribution in [0.4, 0.5) is 0 Å². The van der Waals surface area contributed by atoms with E-state index in [-0.39, 0.29) is 22.7 Å². The number of halogens is 1. The van der Waals surface area contributed by atoms with E-state index in [1.165, 1.54) is 18.9 Å². The largest absolute Gasteiger partial charge is 0.469 e. The van der Waals surface area contributed by atoms with E-state index in [9.17, 15) is 4.79 Å². The van der Waals surface area contributed by atoms with Crippen molar-refractivity contribution in [1.29, 1.82) is 0 Å². The fourth-order valence-corrected chi connectivity index (χ4v) is 3.04. The molecule has 0 spiro atoms. The quantitative estimate of drug-likeness (QED) is 0.564. The van der Waals surface area contributed by atoms with E-state index >= 15 is 0 Å². The fraction of sp³-hybridized carbons (Fsp3) is 0.667. The number of methoxy groups -OCH3 is 1. The van der Waals surface area contributed by atoms with Crippen molar-refractivity contribution >= 4 is 29.3 Å². The van der Waals surface area contributed by atoms with Gasteiger partial charge >= 0.3 is 12.0 Å². The number of carbonyl (C=O) groups excluding carboxylic acids is 1. The number of esters is 1. The first-order valence-corrected chi connectivity index (χ1v) is 7.67. The van der Waals surface area contributed by atoms with E-state index in [1.54, 1.807) is 0 Å². The average Bonchev–Trinajstić information content (AvgIpc) is 3.16. The molecule has 1 fully saturated rings. The van der Waals surface area contributed by atoms with Crippen LogP contribution in [0.2, 0.25) is 5.28 Å². The molecule has 1 aromatic heterocycles. The molecule has 20 heavy (non-hydrogen) atoms. The normalized spacial score (nSPS) is 15.8. The molecule has 6 nitrogen and oxygen atoms in total. The van der Waals surface area contributed by atoms with Crippen LogP contribution in [0.1, 0.15) is 26.2 Å². The molecule has 1 aliphatic carbocycles. The van der Waals surface area contributed by atoms with Crippen molar-refractivity contribution in [3.05, 3.63) is 5.28 Å². The minimum absolute atomic E-state index is 0.0165. The van der Waals surface area contributed by atoms with Gasteiger partial charge in [0.05, 0.1) is 20.1 Å². The summed E-state index contributed by atoms with van der Waals surface area (Å²) < 4.78 is 9.94. The molecular formula is C12H16ClN3O3S. The maximum Gasteiger partial charge on any atom is 0.321 e. The number of rotatable bonds is 7. The van der Waals surface area contributed by atoms with Gasteiger partial charge in [-0.3, -0.25) is 4.79 Å². The summed E-state index contributed by atoms with van der Waals surface area (Å²) in [4.78, 5) is 23.5. The Labute approximate surface area is 126 Å². The summed E-state index contributed by atoms with van der Waals surface area (Å²) >= 11 is 7.29. The number of hydrogen-bond donors (Lipinski definition) is 0. The number of aromatic nitrogens is 3. The molecule has 1 saturated carbocycles. The Kier molecular flexibility index (Phi) is 5.04. The van der Waals surface area contributed by atoms with Crippen LogP contribution < -0.4 is 4.74 Å². The molecule has 0 aliphatic heterocycles. The summed E-state index contributed by atoms with van der Waals surface area (Å²) in [6.07, 6.45) is 2.48. The van der Waals surface area contributed by atoms with Crippen LogP contribution in [0.5, 0.6) is 6.01 Å². The molecule has 0 bridgehead atoms. The molecule has 1 aromatic rings. The molecule has 0 amide bonds. The number of hydrogen-bond acceptors (Lipinski definition) is 7. The maximum absolute atomic E-state index is 11.4. The third kappa shape index (κ3) is 4.21. The zero-order valence-electron chi connectivity index (χ0n) is 11.4. The van der Waals surface area contributed by atoms with E-state index in [0.717, 1.165) is 18.6 Å². The summed E-state index contributed by atoms with van der Waals surface area (Å²) in [6.45, 7) is 2.32. The molecule has 0 radical (unpaired) electrons. The van der Waals surface area contributed by atoms with Gasteiger partial charge in [0.15, 0.2) is 5.16 Å². The minimum atomic E-state index is -0.174. The molecule has 2 rings (SSSR count). The van der Waals surface area contributed by atoms with Crippen LogP contribution in [0.25, 0.3) is 0 Å². The Balaban J connectivity index is 1.95. The first kappa shape index (κ1) is 15.3. The van der Waals surface area contributed by atoms with Gasteiger partial charge in [-0.25, -0.2) is 0 Å². The second-order valence-electron chi connectivity index (χ2n) is 4.64. The number of nitrogens with zero attached hydrogens (tertiary/aromatic N) is 3. The van der Waals surface area contributed by atoms with Crippen molar-refractivity contribution in [2.45, 2.75) is 31.3 Å². The van der Waals surface area contributed by atoms with Crippen molar-refractivity contribution in [3.63, 3.8) is 0 Å². The predicted octanol–water partition coefficient (Wildman–Crippen LogP) is 2.36. The van der Waals surface area contributed by atoms with Crippen LogP contribution in [0, 0.1) is 5.41 Å². The highest BCUT2D eigenvalue weighted by molar-refractivity contribution is 7.99. The molecule has 0 N–H and O–H groups in total. The number of carbonyl (C=O) groups is 1. The Morgan fingerprint density at radius 1 is 1.40 bits per heavy atom. The van der Waals surface area contributed by atoms with Gasteiger partial charge in [0, 0.05) is 5.75 Å². The van der Waals surface area contributed by atoms with Crippen molar-refractivity contribution < 1.29 is 14.3 Å². The van der Waals surface area contributed by atoms with Crippen LogP contribution in [-0.4, -0.2) is 40.4 Å². The van der Waals surface area contributed by atoms with Gasteiger partial charge in [0.25, 0.3) is 0 Å². The highest BCUT2D eigenvalue weighted by atomic mass is 35.5. The molecule has 1 heterocycles. The monoisotopic (exact) mass is 317 g/mol. The molecule has 0 saturated heterocycles. The second kappa shape index (κ2) is 6.58. The molecule has 1 aliphatic rings. The Hall–Kier alpha value is -1.08. The number of thioether (sulfide) groups is 1. The lowest BCUT2D eigenvalue weighted by atomic mass is 10.1. The molecule has 8 heteroatoms. The summed E-state index contributed by atoms with van der Waals surface area (Å²) in [5.74, 6) is 0.584. The highest BCUT2D eigenvalue weighted by Gasteiger charge is 2.44. The van der Waals surface area contributed by atoms with Gasteiger partial charge in [0.1, 0.15) is 0 Å². The highest BCUT2D eigenvalue weighted by Crippen LogP contribution is 2.51. The van der Waals surface area contributed by atoms with Gasteiger partial charge in [-0.1, -0.05) is 11.8 Å². The van der Waals surface area contributed by atoms with Gasteiger partial charge in [0.2, 0.25) is 5.28 Å². The summed E-state index contributed by atoms with van der Waals surface area (Å²) in [5, 5.41) is 0.633. The van der Waals surface area contributed by atoms with Crippen molar-refractivity contribution in [3.8, 4) is 6.01 Å². The van der Waals surface area contributed by atoms with Crippen LogP contribution in [0.3, 0.4) is 0 Å². The summed E-state index contributed by atoms with van der Waals surface area (Å²) in [5.41, 5.74) is 0.0165. The average molecular weight is 318 g/mol. The van der Waals surface area contributed by atoms with E-state index in [1.807, 2.05) is 6.92 Å². The van der Waals surface area contributed by atoms with Crippen molar-refractivity contribution in [1.82, 2.24) is 15.0 Å². The van der Waals surface area contributed by atoms with Crippen molar-refractivity contribution in [2.75, 3.05) is 19.5 Å².